The van der Waals surface area contributed by atoms with E-state index in [1.54, 1.807) is 57.3 Å². The van der Waals surface area contributed by atoms with Gasteiger partial charge in [0.25, 0.3) is 0 Å². The zero-order valence-corrected chi connectivity index (χ0v) is 36.7. The van der Waals surface area contributed by atoms with Gasteiger partial charge in [0.05, 0.1) is 44.6 Å². The second-order valence-corrected chi connectivity index (χ2v) is 16.0. The number of anilines is 1. The Labute approximate surface area is 372 Å². The number of methoxy groups -OCH3 is 4. The molecule has 0 saturated carbocycles. The van der Waals surface area contributed by atoms with Crippen LogP contribution in [0, 0.1) is 17.0 Å². The fourth-order valence-corrected chi connectivity index (χ4v) is 8.80. The van der Waals surface area contributed by atoms with E-state index in [2.05, 4.69) is 29.9 Å². The fourth-order valence-electron chi connectivity index (χ4n) is 6.32. The van der Waals surface area contributed by atoms with Crippen LogP contribution in [0.3, 0.4) is 0 Å². The standard InChI is InChI=1S/2C21H19ClFN5O2S/c1-29-12-6-7-16(30-2)17(10-12)31-21-26-18-19(24)25-11-28(20(18)27-21)9-8-13-14(22)4-3-5-15(13)23;1-29-12-6-7-16(30-2)17(10-12)31-21-27-18-19(24)25-11-26-20(18)28(21)9-8-13-14(22)4-3-5-15(13)23/h3-7,10-11,24H,8-9H2,1-2H3,(H,26,27);3-7,10-11H,8-9H2,1-2H3,(H2,24,25,26). The lowest BCUT2D eigenvalue weighted by Crippen LogP contribution is -2.14. The van der Waals surface area contributed by atoms with E-state index >= 15 is 0 Å². The predicted octanol–water partition coefficient (Wildman–Crippen LogP) is 9.05. The number of aromatic nitrogens is 8. The quantitative estimate of drug-likeness (QED) is 0.0945. The number of benzene rings is 4. The third-order valence-electron chi connectivity index (χ3n) is 9.48. The van der Waals surface area contributed by atoms with Crippen LogP contribution < -0.4 is 30.2 Å². The zero-order chi connectivity index (χ0) is 43.9. The van der Waals surface area contributed by atoms with E-state index in [-0.39, 0.29) is 22.9 Å². The molecular formula is C42H38Cl2F2N10O4S2. The number of rotatable bonds is 14. The van der Waals surface area contributed by atoms with Crippen LogP contribution in [0.4, 0.5) is 14.6 Å². The second-order valence-electron chi connectivity index (χ2n) is 13.1. The summed E-state index contributed by atoms with van der Waals surface area (Å²) in [6.07, 6.45) is 3.63. The smallest absolute Gasteiger partial charge is 0.175 e. The molecule has 0 atom stereocenters. The van der Waals surface area contributed by atoms with Crippen LogP contribution in [0.15, 0.2) is 106 Å². The summed E-state index contributed by atoms with van der Waals surface area (Å²) in [5.74, 6) is 2.29. The Bertz CT molecular complexity index is 2910. The summed E-state index contributed by atoms with van der Waals surface area (Å²) in [7, 11) is 6.39. The minimum Gasteiger partial charge on any atom is -0.497 e. The van der Waals surface area contributed by atoms with Gasteiger partial charge in [-0.05, 0) is 97.0 Å². The van der Waals surface area contributed by atoms with Crippen LogP contribution in [-0.2, 0) is 25.9 Å². The second kappa shape index (κ2) is 19.7. The summed E-state index contributed by atoms with van der Waals surface area (Å²) in [6.45, 7) is 0.796. The molecule has 0 radical (unpaired) electrons. The van der Waals surface area contributed by atoms with Crippen molar-refractivity contribution in [3.8, 4) is 23.0 Å². The molecule has 0 aliphatic rings. The van der Waals surface area contributed by atoms with Crippen LogP contribution in [0.2, 0.25) is 10.0 Å². The molecule has 8 rings (SSSR count). The molecule has 0 spiro atoms. The van der Waals surface area contributed by atoms with Gasteiger partial charge in [0.2, 0.25) is 0 Å². The molecule has 0 unspecified atom stereocenters. The van der Waals surface area contributed by atoms with Gasteiger partial charge in [-0.3, -0.25) is 5.41 Å². The van der Waals surface area contributed by atoms with Gasteiger partial charge < -0.3 is 38.8 Å². The number of fused-ring (bicyclic) bond motifs is 2. The Morgan fingerprint density at radius 3 is 1.90 bits per heavy atom. The average Bonchev–Trinajstić information content (AvgIpc) is 3.86. The summed E-state index contributed by atoms with van der Waals surface area (Å²) in [5.41, 5.74) is 9.06. The maximum absolute atomic E-state index is 14.3. The number of nitrogens with zero attached hydrogens (tertiary/aromatic N) is 7. The van der Waals surface area contributed by atoms with Crippen molar-refractivity contribution in [2.75, 3.05) is 34.2 Å². The SMILES string of the molecule is COc1ccc(OC)c(Sc2nc3c(N)ncnc3n2CCc2c(F)cccc2Cl)c1.COc1ccc(OC)c(Sc2nc3c([nH]2)c(=N)ncn3CCc2c(F)cccc2Cl)c1. The molecule has 0 aliphatic carbocycles. The zero-order valence-electron chi connectivity index (χ0n) is 33.6. The summed E-state index contributed by atoms with van der Waals surface area (Å²) in [5, 5.41) is 10.1. The molecule has 4 heterocycles. The van der Waals surface area contributed by atoms with Crippen LogP contribution in [0.25, 0.3) is 22.3 Å². The first-order valence-electron chi connectivity index (χ1n) is 18.6. The van der Waals surface area contributed by atoms with E-state index in [1.165, 1.54) is 48.3 Å². The van der Waals surface area contributed by atoms with Crippen molar-refractivity contribution in [1.29, 1.82) is 5.41 Å². The van der Waals surface area contributed by atoms with Crippen molar-refractivity contribution in [2.45, 2.75) is 46.0 Å². The number of H-pyrrole nitrogens is 1. The molecule has 20 heteroatoms. The summed E-state index contributed by atoms with van der Waals surface area (Å²) in [4.78, 5) is 26.6. The lowest BCUT2D eigenvalue weighted by Gasteiger charge is -2.12. The van der Waals surface area contributed by atoms with Crippen molar-refractivity contribution in [3.63, 3.8) is 0 Å². The molecule has 4 N–H and O–H groups in total. The molecule has 4 aromatic heterocycles. The first kappa shape index (κ1) is 44.0. The Balaban J connectivity index is 0.000000186. The number of hydrogen-bond acceptors (Lipinski definition) is 13. The maximum Gasteiger partial charge on any atom is 0.175 e. The van der Waals surface area contributed by atoms with Gasteiger partial charge in [-0.2, -0.15) is 0 Å². The summed E-state index contributed by atoms with van der Waals surface area (Å²) >= 11 is 15.1. The summed E-state index contributed by atoms with van der Waals surface area (Å²) in [6, 6.07) is 20.2. The number of hydrogen-bond donors (Lipinski definition) is 3. The third kappa shape index (κ3) is 9.68. The number of aromatic amines is 1. The number of imidazole rings is 2. The van der Waals surface area contributed by atoms with E-state index < -0.39 is 0 Å². The lowest BCUT2D eigenvalue weighted by molar-refractivity contribution is 0.394. The van der Waals surface area contributed by atoms with Crippen molar-refractivity contribution >= 4 is 74.9 Å². The van der Waals surface area contributed by atoms with Gasteiger partial charge in [0.15, 0.2) is 38.4 Å². The van der Waals surface area contributed by atoms with E-state index in [1.807, 2.05) is 41.0 Å². The monoisotopic (exact) mass is 918 g/mol. The average molecular weight is 920 g/mol. The molecule has 0 amide bonds. The molecule has 0 bridgehead atoms. The number of nitrogens with one attached hydrogen (secondary N) is 2. The minimum absolute atomic E-state index is 0.0760. The number of ether oxygens (including phenoxy) is 4. The first-order chi connectivity index (χ1) is 30.0. The highest BCUT2D eigenvalue weighted by Gasteiger charge is 2.20. The molecule has 14 nitrogen and oxygen atoms in total. The Kier molecular flexibility index (Phi) is 14.0. The van der Waals surface area contributed by atoms with Crippen molar-refractivity contribution in [2.24, 2.45) is 0 Å². The Morgan fingerprint density at radius 1 is 0.726 bits per heavy atom. The largest absolute Gasteiger partial charge is 0.497 e. The van der Waals surface area contributed by atoms with Gasteiger partial charge >= 0.3 is 0 Å². The third-order valence-corrected chi connectivity index (χ3v) is 12.2. The van der Waals surface area contributed by atoms with Gasteiger partial charge in [0.1, 0.15) is 46.5 Å². The van der Waals surface area contributed by atoms with Crippen LogP contribution in [0.1, 0.15) is 11.1 Å². The fraction of sp³-hybridized carbons (Fsp3) is 0.190. The maximum atomic E-state index is 14.3. The van der Waals surface area contributed by atoms with Crippen LogP contribution >= 0.6 is 46.7 Å². The van der Waals surface area contributed by atoms with Gasteiger partial charge in [-0.25, -0.2) is 33.7 Å². The molecule has 320 valence electrons. The Morgan fingerprint density at radius 2 is 1.32 bits per heavy atom. The van der Waals surface area contributed by atoms with Crippen LogP contribution in [0.5, 0.6) is 23.0 Å². The van der Waals surface area contributed by atoms with Gasteiger partial charge in [0, 0.05) is 34.3 Å². The van der Waals surface area contributed by atoms with Crippen molar-refractivity contribution < 1.29 is 27.7 Å². The molecule has 8 aromatic rings. The minimum atomic E-state index is -0.352. The first-order valence-corrected chi connectivity index (χ1v) is 21.0. The number of nitrogen functional groups attached to an aromatic ring is 1. The highest BCUT2D eigenvalue weighted by molar-refractivity contribution is 7.99. The van der Waals surface area contributed by atoms with Crippen LogP contribution in [-0.4, -0.2) is 67.5 Å². The summed E-state index contributed by atoms with van der Waals surface area (Å²) < 4.78 is 53.6. The van der Waals surface area contributed by atoms with Crippen molar-refractivity contribution in [1.82, 2.24) is 39.0 Å². The molecule has 0 fully saturated rings. The Hall–Kier alpha value is -6.08. The predicted molar refractivity (Wildman–Crippen MR) is 235 cm³/mol. The molecule has 62 heavy (non-hydrogen) atoms. The van der Waals surface area contributed by atoms with Gasteiger partial charge in [-0.15, -0.1) is 0 Å². The van der Waals surface area contributed by atoms with E-state index in [0.29, 0.717) is 103 Å². The molecule has 0 saturated heterocycles. The number of aryl methyl sites for hydroxylation is 2. The van der Waals surface area contributed by atoms with E-state index in [9.17, 15) is 8.78 Å². The topological polar surface area (TPSA) is 177 Å². The van der Waals surface area contributed by atoms with Crippen molar-refractivity contribution in [3.05, 3.63) is 124 Å². The molecule has 0 aliphatic heterocycles. The number of halogens is 4. The normalized spacial score (nSPS) is 11.1. The highest BCUT2D eigenvalue weighted by atomic mass is 35.5. The van der Waals surface area contributed by atoms with Gasteiger partial charge in [-0.1, -0.05) is 35.3 Å². The lowest BCUT2D eigenvalue weighted by atomic mass is 10.1. The molecular weight excluding hydrogens is 882 g/mol. The highest BCUT2D eigenvalue weighted by Crippen LogP contribution is 2.39. The number of nitrogens with two attached hydrogens (primary N) is 1. The van der Waals surface area contributed by atoms with E-state index in [4.69, 9.17) is 53.3 Å². The van der Waals surface area contributed by atoms with E-state index in [0.717, 1.165) is 9.79 Å². The molecule has 4 aromatic carbocycles.